The molecule has 0 rings (SSSR count). The van der Waals surface area contributed by atoms with Crippen LogP contribution >= 0.6 is 0 Å². The van der Waals surface area contributed by atoms with Crippen LogP contribution in [0.1, 0.15) is 20.3 Å². The highest BCUT2D eigenvalue weighted by Gasteiger charge is 1.92. The van der Waals surface area contributed by atoms with Crippen LogP contribution in [-0.4, -0.2) is 13.2 Å². The summed E-state index contributed by atoms with van der Waals surface area (Å²) >= 11 is 0. The second kappa shape index (κ2) is 6.63. The third-order valence-electron chi connectivity index (χ3n) is 1.61. The lowest BCUT2D eigenvalue weighted by molar-refractivity contribution is 0.156. The van der Waals surface area contributed by atoms with E-state index in [1.807, 2.05) is 32.1 Å². The first kappa shape index (κ1) is 10.9. The molecule has 2 heteroatoms. The first-order valence-electron chi connectivity index (χ1n) is 3.97. The van der Waals surface area contributed by atoms with Gasteiger partial charge < -0.3 is 4.74 Å². The summed E-state index contributed by atoms with van der Waals surface area (Å²) in [5, 5.41) is 8.43. The van der Waals surface area contributed by atoms with E-state index < -0.39 is 0 Å². The molecule has 0 radical (unpaired) electrons. The number of rotatable bonds is 4. The molecule has 0 amide bonds. The molecule has 0 heterocycles. The molecule has 0 spiro atoms. The SMILES string of the molecule is C/C=C(\C=C/C(C)OC)CC#N. The Labute approximate surface area is 74.2 Å². The van der Waals surface area contributed by atoms with Gasteiger partial charge in [0.05, 0.1) is 18.6 Å². The summed E-state index contributed by atoms with van der Waals surface area (Å²) in [6, 6.07) is 2.10. The van der Waals surface area contributed by atoms with Gasteiger partial charge in [0.15, 0.2) is 0 Å². The lowest BCUT2D eigenvalue weighted by atomic mass is 10.1. The summed E-state index contributed by atoms with van der Waals surface area (Å²) in [6.07, 6.45) is 6.37. The molecule has 0 aliphatic heterocycles. The minimum absolute atomic E-state index is 0.110. The fraction of sp³-hybridized carbons (Fsp3) is 0.500. The predicted molar refractivity (Wildman–Crippen MR) is 49.6 cm³/mol. The molecular formula is C10H15NO. The molecule has 66 valence electrons. The van der Waals surface area contributed by atoms with Crippen LogP contribution in [0.4, 0.5) is 0 Å². The zero-order valence-corrected chi connectivity index (χ0v) is 7.87. The van der Waals surface area contributed by atoms with Gasteiger partial charge in [-0.15, -0.1) is 0 Å². The molecular weight excluding hydrogens is 150 g/mol. The quantitative estimate of drug-likeness (QED) is 0.599. The van der Waals surface area contributed by atoms with Crippen molar-refractivity contribution in [3.8, 4) is 6.07 Å². The van der Waals surface area contributed by atoms with Gasteiger partial charge in [0.2, 0.25) is 0 Å². The Hall–Kier alpha value is -1.07. The van der Waals surface area contributed by atoms with Crippen molar-refractivity contribution >= 4 is 0 Å². The van der Waals surface area contributed by atoms with Crippen LogP contribution < -0.4 is 0 Å². The van der Waals surface area contributed by atoms with Gasteiger partial charge in [-0.05, 0) is 19.4 Å². The van der Waals surface area contributed by atoms with Crippen molar-refractivity contribution in [3.63, 3.8) is 0 Å². The van der Waals surface area contributed by atoms with Crippen molar-refractivity contribution < 1.29 is 4.74 Å². The Morgan fingerprint density at radius 2 is 2.33 bits per heavy atom. The molecule has 0 aromatic carbocycles. The van der Waals surface area contributed by atoms with Crippen LogP contribution in [0.15, 0.2) is 23.8 Å². The van der Waals surface area contributed by atoms with Gasteiger partial charge >= 0.3 is 0 Å². The van der Waals surface area contributed by atoms with Crippen molar-refractivity contribution in [3.05, 3.63) is 23.8 Å². The third-order valence-corrected chi connectivity index (χ3v) is 1.61. The van der Waals surface area contributed by atoms with E-state index in [4.69, 9.17) is 10.00 Å². The Kier molecular flexibility index (Phi) is 6.04. The Morgan fingerprint density at radius 1 is 1.67 bits per heavy atom. The second-order valence-corrected chi connectivity index (χ2v) is 2.50. The lowest BCUT2D eigenvalue weighted by Crippen LogP contribution is -1.98. The highest BCUT2D eigenvalue weighted by molar-refractivity contribution is 5.21. The van der Waals surface area contributed by atoms with Crippen molar-refractivity contribution in [2.75, 3.05) is 7.11 Å². The Morgan fingerprint density at radius 3 is 2.75 bits per heavy atom. The monoisotopic (exact) mass is 165 g/mol. The van der Waals surface area contributed by atoms with Gasteiger partial charge in [-0.25, -0.2) is 0 Å². The summed E-state index contributed by atoms with van der Waals surface area (Å²) < 4.78 is 5.03. The average Bonchev–Trinajstić information content (AvgIpc) is 2.11. The zero-order valence-electron chi connectivity index (χ0n) is 7.87. The molecule has 0 aromatic heterocycles. The summed E-state index contributed by atoms with van der Waals surface area (Å²) in [6.45, 7) is 3.88. The highest BCUT2D eigenvalue weighted by atomic mass is 16.5. The summed E-state index contributed by atoms with van der Waals surface area (Å²) in [5.41, 5.74) is 1.03. The molecule has 0 saturated heterocycles. The van der Waals surface area contributed by atoms with E-state index in [9.17, 15) is 0 Å². The molecule has 1 unspecified atom stereocenters. The average molecular weight is 165 g/mol. The maximum absolute atomic E-state index is 8.43. The molecule has 0 fully saturated rings. The van der Waals surface area contributed by atoms with E-state index in [-0.39, 0.29) is 6.10 Å². The van der Waals surface area contributed by atoms with Crippen molar-refractivity contribution in [1.29, 1.82) is 5.26 Å². The molecule has 12 heavy (non-hydrogen) atoms. The van der Waals surface area contributed by atoms with E-state index in [0.717, 1.165) is 5.57 Å². The molecule has 2 nitrogen and oxygen atoms in total. The van der Waals surface area contributed by atoms with Crippen LogP contribution in [-0.2, 0) is 4.74 Å². The van der Waals surface area contributed by atoms with E-state index in [2.05, 4.69) is 6.07 Å². The summed E-state index contributed by atoms with van der Waals surface area (Å²) in [4.78, 5) is 0. The van der Waals surface area contributed by atoms with Gasteiger partial charge in [0, 0.05) is 7.11 Å². The standard InChI is InChI=1S/C10H15NO/c1-4-10(7-8-11)6-5-9(2)12-3/h4-6,9H,7H2,1-3H3/b6-5-,10-4+. The van der Waals surface area contributed by atoms with Crippen LogP contribution in [0, 0.1) is 11.3 Å². The predicted octanol–water partition coefficient (Wildman–Crippen LogP) is 2.44. The number of nitriles is 1. The summed E-state index contributed by atoms with van der Waals surface area (Å²) in [7, 11) is 1.66. The van der Waals surface area contributed by atoms with Gasteiger partial charge in [0.1, 0.15) is 0 Å². The van der Waals surface area contributed by atoms with Gasteiger partial charge in [0.25, 0.3) is 0 Å². The lowest BCUT2D eigenvalue weighted by Gasteiger charge is -2.01. The first-order valence-corrected chi connectivity index (χ1v) is 3.97. The van der Waals surface area contributed by atoms with Crippen LogP contribution in [0.5, 0.6) is 0 Å². The maximum atomic E-state index is 8.43. The molecule has 0 aliphatic rings. The van der Waals surface area contributed by atoms with E-state index in [0.29, 0.717) is 6.42 Å². The number of allylic oxidation sites excluding steroid dienone is 3. The highest BCUT2D eigenvalue weighted by Crippen LogP contribution is 2.03. The van der Waals surface area contributed by atoms with Crippen LogP contribution in [0.2, 0.25) is 0 Å². The van der Waals surface area contributed by atoms with E-state index in [1.54, 1.807) is 7.11 Å². The molecule has 0 saturated carbocycles. The first-order chi connectivity index (χ1) is 5.74. The Balaban J connectivity index is 4.04. The zero-order chi connectivity index (χ0) is 9.40. The molecule has 0 aromatic rings. The molecule has 1 atom stereocenters. The van der Waals surface area contributed by atoms with Crippen LogP contribution in [0.25, 0.3) is 0 Å². The van der Waals surface area contributed by atoms with Gasteiger partial charge in [-0.2, -0.15) is 5.26 Å². The Bertz CT molecular complexity index is 210. The topological polar surface area (TPSA) is 33.0 Å². The molecule has 0 bridgehead atoms. The van der Waals surface area contributed by atoms with Crippen molar-refractivity contribution in [2.45, 2.75) is 26.4 Å². The second-order valence-electron chi connectivity index (χ2n) is 2.50. The third kappa shape index (κ3) is 4.70. The molecule has 0 N–H and O–H groups in total. The van der Waals surface area contributed by atoms with E-state index >= 15 is 0 Å². The smallest absolute Gasteiger partial charge is 0.0727 e. The number of ether oxygens (including phenoxy) is 1. The van der Waals surface area contributed by atoms with Crippen molar-refractivity contribution in [1.82, 2.24) is 0 Å². The number of methoxy groups -OCH3 is 1. The minimum Gasteiger partial charge on any atom is -0.378 e. The number of hydrogen-bond acceptors (Lipinski definition) is 2. The molecule has 0 aliphatic carbocycles. The van der Waals surface area contributed by atoms with Crippen LogP contribution in [0.3, 0.4) is 0 Å². The van der Waals surface area contributed by atoms with Crippen molar-refractivity contribution in [2.24, 2.45) is 0 Å². The number of nitrogens with zero attached hydrogens (tertiary/aromatic N) is 1. The fourth-order valence-electron chi connectivity index (χ4n) is 0.686. The van der Waals surface area contributed by atoms with Gasteiger partial charge in [-0.1, -0.05) is 18.2 Å². The minimum atomic E-state index is 0.110. The number of hydrogen-bond donors (Lipinski definition) is 0. The fourth-order valence-corrected chi connectivity index (χ4v) is 0.686. The maximum Gasteiger partial charge on any atom is 0.0727 e. The normalized spacial score (nSPS) is 14.7. The summed E-state index contributed by atoms with van der Waals surface area (Å²) in [5.74, 6) is 0. The van der Waals surface area contributed by atoms with E-state index in [1.165, 1.54) is 0 Å². The van der Waals surface area contributed by atoms with Gasteiger partial charge in [-0.3, -0.25) is 0 Å². The largest absolute Gasteiger partial charge is 0.378 e.